The number of aryl methyl sites for hydroxylation is 1. The SMILES string of the molecule is Cn1c(N2CC3CN(C(=O)CC(C)(C)C)CC3C2)nc2ccccc21. The summed E-state index contributed by atoms with van der Waals surface area (Å²) >= 11 is 0. The maximum absolute atomic E-state index is 12.5. The molecule has 0 radical (unpaired) electrons. The van der Waals surface area contributed by atoms with Crippen molar-refractivity contribution < 1.29 is 4.79 Å². The van der Waals surface area contributed by atoms with Gasteiger partial charge in [-0.2, -0.15) is 0 Å². The number of nitrogens with zero attached hydrogens (tertiary/aromatic N) is 4. The van der Waals surface area contributed by atoms with E-state index in [0.29, 0.717) is 24.2 Å². The first-order chi connectivity index (χ1) is 11.8. The van der Waals surface area contributed by atoms with Crippen molar-refractivity contribution in [3.63, 3.8) is 0 Å². The van der Waals surface area contributed by atoms with Gasteiger partial charge in [0.2, 0.25) is 11.9 Å². The molecule has 3 heterocycles. The Labute approximate surface area is 149 Å². The first kappa shape index (κ1) is 16.4. The van der Waals surface area contributed by atoms with E-state index in [0.717, 1.165) is 37.6 Å². The predicted molar refractivity (Wildman–Crippen MR) is 101 cm³/mol. The number of imidazole rings is 1. The van der Waals surface area contributed by atoms with Gasteiger partial charge in [0.25, 0.3) is 0 Å². The maximum Gasteiger partial charge on any atom is 0.223 e. The fourth-order valence-electron chi connectivity index (χ4n) is 4.34. The Morgan fingerprint density at radius 2 is 1.76 bits per heavy atom. The Hall–Kier alpha value is -2.04. The molecule has 2 fully saturated rings. The van der Waals surface area contributed by atoms with Gasteiger partial charge in [0.05, 0.1) is 11.0 Å². The van der Waals surface area contributed by atoms with Crippen LogP contribution in [0.1, 0.15) is 27.2 Å². The number of fused-ring (bicyclic) bond motifs is 2. The van der Waals surface area contributed by atoms with Gasteiger partial charge in [-0.05, 0) is 17.5 Å². The molecule has 25 heavy (non-hydrogen) atoms. The Morgan fingerprint density at radius 3 is 2.36 bits per heavy atom. The predicted octanol–water partition coefficient (Wildman–Crippen LogP) is 2.90. The van der Waals surface area contributed by atoms with Crippen molar-refractivity contribution in [1.82, 2.24) is 14.5 Å². The number of hydrogen-bond acceptors (Lipinski definition) is 3. The Kier molecular flexibility index (Phi) is 3.78. The van der Waals surface area contributed by atoms with Gasteiger partial charge in [-0.15, -0.1) is 0 Å². The quantitative estimate of drug-likeness (QED) is 0.844. The zero-order valence-electron chi connectivity index (χ0n) is 15.7. The van der Waals surface area contributed by atoms with Crippen LogP contribution in [0.25, 0.3) is 11.0 Å². The van der Waals surface area contributed by atoms with Crippen LogP contribution >= 0.6 is 0 Å². The van der Waals surface area contributed by atoms with Crippen LogP contribution in [0.3, 0.4) is 0 Å². The molecule has 0 bridgehead atoms. The molecule has 2 saturated heterocycles. The van der Waals surface area contributed by atoms with Gasteiger partial charge in [-0.3, -0.25) is 4.79 Å². The Bertz CT molecular complexity index is 790. The highest BCUT2D eigenvalue weighted by Gasteiger charge is 2.42. The molecule has 5 nitrogen and oxygen atoms in total. The lowest BCUT2D eigenvalue weighted by molar-refractivity contribution is -0.132. The standard InChI is InChI=1S/C20H28N4O/c1-20(2,3)9-18(25)23-10-14-12-24(13-15(14)11-23)19-21-16-7-5-6-8-17(16)22(19)4/h5-8,14-15H,9-13H2,1-4H3. The third kappa shape index (κ3) is 3.00. The highest BCUT2D eigenvalue weighted by atomic mass is 16.2. The molecule has 1 aromatic heterocycles. The number of amides is 1. The number of para-hydroxylation sites is 2. The zero-order chi connectivity index (χ0) is 17.8. The largest absolute Gasteiger partial charge is 0.342 e. The molecule has 2 atom stereocenters. The fourth-order valence-corrected chi connectivity index (χ4v) is 4.34. The minimum absolute atomic E-state index is 0.0634. The van der Waals surface area contributed by atoms with Gasteiger partial charge in [-0.1, -0.05) is 32.9 Å². The molecular weight excluding hydrogens is 312 g/mol. The molecule has 0 N–H and O–H groups in total. The molecule has 0 spiro atoms. The van der Waals surface area contributed by atoms with Crippen LogP contribution in [-0.2, 0) is 11.8 Å². The molecular formula is C20H28N4O. The summed E-state index contributed by atoms with van der Waals surface area (Å²) in [6.45, 7) is 10.2. The molecule has 134 valence electrons. The smallest absolute Gasteiger partial charge is 0.223 e. The van der Waals surface area contributed by atoms with E-state index in [-0.39, 0.29) is 5.41 Å². The number of benzene rings is 1. The van der Waals surface area contributed by atoms with E-state index in [1.165, 1.54) is 5.52 Å². The third-order valence-electron chi connectivity index (χ3n) is 5.57. The molecule has 0 saturated carbocycles. The summed E-state index contributed by atoms with van der Waals surface area (Å²) in [5.74, 6) is 2.52. The topological polar surface area (TPSA) is 41.4 Å². The normalized spacial score (nSPS) is 23.5. The van der Waals surface area contributed by atoms with Gasteiger partial charge in [0.1, 0.15) is 0 Å². The summed E-state index contributed by atoms with van der Waals surface area (Å²) in [5.41, 5.74) is 2.30. The molecule has 1 amide bonds. The average Bonchev–Trinajstić information content (AvgIpc) is 3.17. The van der Waals surface area contributed by atoms with E-state index >= 15 is 0 Å². The van der Waals surface area contributed by atoms with Crippen molar-refractivity contribution in [2.75, 3.05) is 31.1 Å². The molecule has 2 aromatic rings. The highest BCUT2D eigenvalue weighted by Crippen LogP contribution is 2.35. The number of anilines is 1. The zero-order valence-corrected chi connectivity index (χ0v) is 15.7. The van der Waals surface area contributed by atoms with Crippen molar-refractivity contribution in [2.24, 2.45) is 24.3 Å². The van der Waals surface area contributed by atoms with Crippen LogP contribution in [-0.4, -0.2) is 46.5 Å². The monoisotopic (exact) mass is 340 g/mol. The van der Waals surface area contributed by atoms with Crippen LogP contribution in [0, 0.1) is 17.3 Å². The Balaban J connectivity index is 1.45. The van der Waals surface area contributed by atoms with Gasteiger partial charge in [-0.25, -0.2) is 4.98 Å². The van der Waals surface area contributed by atoms with Crippen LogP contribution in [0.4, 0.5) is 5.95 Å². The number of hydrogen-bond donors (Lipinski definition) is 0. The van der Waals surface area contributed by atoms with Crippen LogP contribution in [0.15, 0.2) is 24.3 Å². The van der Waals surface area contributed by atoms with Crippen molar-refractivity contribution >= 4 is 22.9 Å². The van der Waals surface area contributed by atoms with Crippen molar-refractivity contribution in [2.45, 2.75) is 27.2 Å². The van der Waals surface area contributed by atoms with Crippen molar-refractivity contribution in [3.05, 3.63) is 24.3 Å². The lowest BCUT2D eigenvalue weighted by atomic mass is 9.91. The second kappa shape index (κ2) is 5.75. The molecule has 5 heteroatoms. The van der Waals surface area contributed by atoms with Gasteiger partial charge in [0, 0.05) is 51.5 Å². The summed E-state index contributed by atoms with van der Waals surface area (Å²) < 4.78 is 2.19. The summed E-state index contributed by atoms with van der Waals surface area (Å²) in [7, 11) is 2.10. The lowest BCUT2D eigenvalue weighted by Gasteiger charge is -2.25. The van der Waals surface area contributed by atoms with E-state index in [9.17, 15) is 4.79 Å². The number of carbonyl (C=O) groups is 1. The summed E-state index contributed by atoms with van der Waals surface area (Å²) in [6, 6.07) is 8.29. The van der Waals surface area contributed by atoms with Gasteiger partial charge in [0.15, 0.2) is 0 Å². The van der Waals surface area contributed by atoms with Crippen molar-refractivity contribution in [3.8, 4) is 0 Å². The summed E-state index contributed by atoms with van der Waals surface area (Å²) in [6.07, 6.45) is 0.640. The van der Waals surface area contributed by atoms with Crippen LogP contribution in [0.2, 0.25) is 0 Å². The Morgan fingerprint density at radius 1 is 1.12 bits per heavy atom. The van der Waals surface area contributed by atoms with Gasteiger partial charge < -0.3 is 14.4 Å². The highest BCUT2D eigenvalue weighted by molar-refractivity contribution is 5.79. The molecule has 0 aliphatic carbocycles. The van der Waals surface area contributed by atoms with Crippen molar-refractivity contribution in [1.29, 1.82) is 0 Å². The number of carbonyl (C=O) groups excluding carboxylic acids is 1. The minimum Gasteiger partial charge on any atom is -0.342 e. The summed E-state index contributed by atoms with van der Waals surface area (Å²) in [5, 5.41) is 0. The summed E-state index contributed by atoms with van der Waals surface area (Å²) in [4.78, 5) is 21.8. The number of likely N-dealkylation sites (tertiary alicyclic amines) is 1. The van der Waals surface area contributed by atoms with E-state index in [2.05, 4.69) is 60.4 Å². The molecule has 2 aliphatic rings. The third-order valence-corrected chi connectivity index (χ3v) is 5.57. The molecule has 1 aromatic carbocycles. The lowest BCUT2D eigenvalue weighted by Crippen LogP contribution is -2.35. The average molecular weight is 340 g/mol. The first-order valence-electron chi connectivity index (χ1n) is 9.26. The second-order valence-corrected chi connectivity index (χ2v) is 8.92. The van der Waals surface area contributed by atoms with E-state index in [1.54, 1.807) is 0 Å². The van der Waals surface area contributed by atoms with Crippen LogP contribution < -0.4 is 4.90 Å². The van der Waals surface area contributed by atoms with E-state index < -0.39 is 0 Å². The molecule has 2 unspecified atom stereocenters. The molecule has 4 rings (SSSR count). The van der Waals surface area contributed by atoms with E-state index in [4.69, 9.17) is 4.98 Å². The first-order valence-corrected chi connectivity index (χ1v) is 9.26. The second-order valence-electron chi connectivity index (χ2n) is 8.92. The number of aromatic nitrogens is 2. The molecule has 2 aliphatic heterocycles. The maximum atomic E-state index is 12.5. The fraction of sp³-hybridized carbons (Fsp3) is 0.600. The number of rotatable bonds is 2. The van der Waals surface area contributed by atoms with Crippen LogP contribution in [0.5, 0.6) is 0 Å². The minimum atomic E-state index is 0.0634. The van der Waals surface area contributed by atoms with E-state index in [1.807, 2.05) is 6.07 Å². The van der Waals surface area contributed by atoms with Gasteiger partial charge >= 0.3 is 0 Å².